The van der Waals surface area contributed by atoms with Crippen LogP contribution in [0, 0.1) is 0 Å². The first-order valence-electron chi connectivity index (χ1n) is 6.21. The Labute approximate surface area is 111 Å². The second kappa shape index (κ2) is 17.8. The van der Waals surface area contributed by atoms with Gasteiger partial charge >= 0.3 is 6.09 Å². The number of hydrogen-bond acceptors (Lipinski definition) is 3. The van der Waals surface area contributed by atoms with Gasteiger partial charge in [-0.25, -0.2) is 4.79 Å². The van der Waals surface area contributed by atoms with Crippen LogP contribution in [0.2, 0.25) is 0 Å². The molecule has 0 aliphatic carbocycles. The molecule has 18 heavy (non-hydrogen) atoms. The topological polar surface area (TPSA) is 50.4 Å². The molecular formula is C14H26N2O2. The Bertz CT molecular complexity index is 227. The summed E-state index contributed by atoms with van der Waals surface area (Å²) in [6.07, 6.45) is 0.623. The molecule has 0 fully saturated rings. The highest BCUT2D eigenvalue weighted by Gasteiger charge is 1.94. The van der Waals surface area contributed by atoms with Gasteiger partial charge in [0, 0.05) is 6.54 Å². The van der Waals surface area contributed by atoms with Gasteiger partial charge in [0.05, 0.1) is 6.61 Å². The number of alkyl carbamates (subject to hydrolysis) is 1. The fraction of sp³-hybridized carbons (Fsp3) is 0.500. The van der Waals surface area contributed by atoms with E-state index in [1.807, 2.05) is 57.4 Å². The fourth-order valence-electron chi connectivity index (χ4n) is 0.794. The van der Waals surface area contributed by atoms with Crippen LogP contribution in [-0.2, 0) is 4.74 Å². The third kappa shape index (κ3) is 19.9. The molecule has 104 valence electrons. The number of rotatable bonds is 3. The highest BCUT2D eigenvalue weighted by molar-refractivity contribution is 5.66. The van der Waals surface area contributed by atoms with Crippen LogP contribution in [-0.4, -0.2) is 33.3 Å². The van der Waals surface area contributed by atoms with Gasteiger partial charge in [-0.2, -0.15) is 0 Å². The van der Waals surface area contributed by atoms with Gasteiger partial charge in [-0.1, -0.05) is 43.3 Å². The number of carbonyl (C=O) groups excluding carboxylic acids is 1. The van der Waals surface area contributed by atoms with Gasteiger partial charge in [0.15, 0.2) is 0 Å². The Morgan fingerprint density at radius 1 is 1.00 bits per heavy atom. The van der Waals surface area contributed by atoms with Crippen LogP contribution < -0.4 is 10.6 Å². The summed E-state index contributed by atoms with van der Waals surface area (Å²) in [4.78, 5) is 10.5. The van der Waals surface area contributed by atoms with Crippen molar-refractivity contribution in [2.45, 2.75) is 20.3 Å². The van der Waals surface area contributed by atoms with Gasteiger partial charge in [0.1, 0.15) is 0 Å². The second-order valence-electron chi connectivity index (χ2n) is 3.30. The summed E-state index contributed by atoms with van der Waals surface area (Å²) in [5, 5.41) is 5.32. The zero-order valence-corrected chi connectivity index (χ0v) is 11.9. The third-order valence-electron chi connectivity index (χ3n) is 1.46. The molecule has 0 saturated carbocycles. The molecule has 1 aromatic carbocycles. The summed E-state index contributed by atoms with van der Waals surface area (Å²) in [6, 6.07) is 12.0. The van der Waals surface area contributed by atoms with E-state index in [4.69, 9.17) is 0 Å². The van der Waals surface area contributed by atoms with E-state index in [1.54, 1.807) is 6.92 Å². The number of benzene rings is 1. The Balaban J connectivity index is 0. The standard InChI is InChI=1S/C6H13NO2.C6H6.C2H7N/c1-3-5-7-6(8)9-4-2;1-2-4-6-5-3-1;1-3-2/h3-5H2,1-2H3,(H,7,8);1-6H;3H,1-2H3. The number of hydrogen-bond donors (Lipinski definition) is 2. The van der Waals surface area contributed by atoms with E-state index in [0.29, 0.717) is 13.2 Å². The van der Waals surface area contributed by atoms with Crippen LogP contribution in [0.5, 0.6) is 0 Å². The SMILES string of the molecule is CCCNC(=O)OCC.CNC.c1ccccc1. The van der Waals surface area contributed by atoms with E-state index in [-0.39, 0.29) is 6.09 Å². The molecule has 1 amide bonds. The molecule has 4 nitrogen and oxygen atoms in total. The van der Waals surface area contributed by atoms with Gasteiger partial charge in [-0.3, -0.25) is 0 Å². The molecule has 4 heteroatoms. The maximum atomic E-state index is 10.5. The Morgan fingerprint density at radius 2 is 1.39 bits per heavy atom. The minimum absolute atomic E-state index is 0.320. The molecule has 0 heterocycles. The molecule has 0 aliphatic heterocycles. The molecular weight excluding hydrogens is 228 g/mol. The number of nitrogens with one attached hydrogen (secondary N) is 2. The summed E-state index contributed by atoms with van der Waals surface area (Å²) >= 11 is 0. The average molecular weight is 254 g/mol. The quantitative estimate of drug-likeness (QED) is 0.872. The largest absolute Gasteiger partial charge is 0.450 e. The molecule has 0 aliphatic rings. The molecule has 0 aromatic heterocycles. The molecule has 2 N–H and O–H groups in total. The first-order chi connectivity index (χ1) is 8.72. The third-order valence-corrected chi connectivity index (χ3v) is 1.46. The summed E-state index contributed by atoms with van der Waals surface area (Å²) in [7, 11) is 3.75. The number of amides is 1. The minimum Gasteiger partial charge on any atom is -0.450 e. The maximum absolute atomic E-state index is 10.5. The van der Waals surface area contributed by atoms with Crippen molar-refractivity contribution >= 4 is 6.09 Å². The van der Waals surface area contributed by atoms with E-state index in [9.17, 15) is 4.79 Å². The van der Waals surface area contributed by atoms with E-state index >= 15 is 0 Å². The van der Waals surface area contributed by atoms with Gasteiger partial charge in [0.25, 0.3) is 0 Å². The van der Waals surface area contributed by atoms with E-state index in [1.165, 1.54) is 0 Å². The lowest BCUT2D eigenvalue weighted by Gasteiger charge is -2.01. The van der Waals surface area contributed by atoms with Crippen molar-refractivity contribution in [3.8, 4) is 0 Å². The molecule has 1 rings (SSSR count). The number of carbonyl (C=O) groups is 1. The summed E-state index contributed by atoms with van der Waals surface area (Å²) in [5.41, 5.74) is 0. The van der Waals surface area contributed by atoms with Crippen molar-refractivity contribution in [3.05, 3.63) is 36.4 Å². The highest BCUT2D eigenvalue weighted by Crippen LogP contribution is 1.80. The highest BCUT2D eigenvalue weighted by atomic mass is 16.5. The molecule has 0 saturated heterocycles. The van der Waals surface area contributed by atoms with Crippen molar-refractivity contribution in [1.82, 2.24) is 10.6 Å². The summed E-state index contributed by atoms with van der Waals surface area (Å²) < 4.78 is 4.59. The molecule has 0 atom stereocenters. The number of ether oxygens (including phenoxy) is 1. The molecule has 0 spiro atoms. The molecule has 0 bridgehead atoms. The fourth-order valence-corrected chi connectivity index (χ4v) is 0.794. The lowest BCUT2D eigenvalue weighted by Crippen LogP contribution is -2.24. The Kier molecular flexibility index (Phi) is 18.6. The van der Waals surface area contributed by atoms with Gasteiger partial charge in [-0.05, 0) is 27.4 Å². The van der Waals surface area contributed by atoms with Crippen molar-refractivity contribution in [2.24, 2.45) is 0 Å². The lowest BCUT2D eigenvalue weighted by molar-refractivity contribution is 0.152. The van der Waals surface area contributed by atoms with Crippen LogP contribution >= 0.6 is 0 Å². The van der Waals surface area contributed by atoms with Crippen molar-refractivity contribution in [3.63, 3.8) is 0 Å². The molecule has 0 unspecified atom stereocenters. The predicted octanol–water partition coefficient (Wildman–Crippen LogP) is 2.66. The van der Waals surface area contributed by atoms with Crippen LogP contribution in [0.3, 0.4) is 0 Å². The molecule has 0 radical (unpaired) electrons. The minimum atomic E-state index is -0.320. The van der Waals surface area contributed by atoms with Crippen LogP contribution in [0.15, 0.2) is 36.4 Å². The van der Waals surface area contributed by atoms with Crippen LogP contribution in [0.4, 0.5) is 4.79 Å². The van der Waals surface area contributed by atoms with Crippen LogP contribution in [0.1, 0.15) is 20.3 Å². The normalized spacial score (nSPS) is 8.00. The zero-order chi connectivity index (χ0) is 14.1. The van der Waals surface area contributed by atoms with Gasteiger partial charge < -0.3 is 15.4 Å². The van der Waals surface area contributed by atoms with Crippen molar-refractivity contribution in [2.75, 3.05) is 27.2 Å². The Hall–Kier alpha value is -1.55. The lowest BCUT2D eigenvalue weighted by atomic mass is 10.4. The van der Waals surface area contributed by atoms with Gasteiger partial charge in [-0.15, -0.1) is 0 Å². The van der Waals surface area contributed by atoms with Crippen molar-refractivity contribution < 1.29 is 9.53 Å². The van der Waals surface area contributed by atoms with Crippen LogP contribution in [0.25, 0.3) is 0 Å². The average Bonchev–Trinajstić information content (AvgIpc) is 2.40. The van der Waals surface area contributed by atoms with E-state index < -0.39 is 0 Å². The summed E-state index contributed by atoms with van der Waals surface area (Å²) in [5.74, 6) is 0. The second-order valence-corrected chi connectivity index (χ2v) is 3.30. The summed E-state index contributed by atoms with van der Waals surface area (Å²) in [6.45, 7) is 4.91. The zero-order valence-electron chi connectivity index (χ0n) is 11.9. The Morgan fingerprint density at radius 3 is 1.67 bits per heavy atom. The first-order valence-corrected chi connectivity index (χ1v) is 6.21. The predicted molar refractivity (Wildman–Crippen MR) is 76.7 cm³/mol. The van der Waals surface area contributed by atoms with E-state index in [0.717, 1.165) is 6.42 Å². The van der Waals surface area contributed by atoms with Gasteiger partial charge in [0.2, 0.25) is 0 Å². The maximum Gasteiger partial charge on any atom is 0.407 e. The molecule has 1 aromatic rings. The first kappa shape index (κ1) is 18.8. The van der Waals surface area contributed by atoms with Crippen molar-refractivity contribution in [1.29, 1.82) is 0 Å². The smallest absolute Gasteiger partial charge is 0.407 e. The van der Waals surface area contributed by atoms with E-state index in [2.05, 4.69) is 15.4 Å². The monoisotopic (exact) mass is 254 g/mol.